The van der Waals surface area contributed by atoms with Gasteiger partial charge in [-0.25, -0.2) is 22.3 Å². The highest BCUT2D eigenvalue weighted by molar-refractivity contribution is 7.89. The SMILES string of the molecule is Cc1ccc(F)c(C(=O)NCCCS(N)(=O)=O)c1F. The van der Waals surface area contributed by atoms with Gasteiger partial charge < -0.3 is 5.32 Å². The Morgan fingerprint density at radius 2 is 2.00 bits per heavy atom. The molecule has 1 aromatic rings. The van der Waals surface area contributed by atoms with Crippen molar-refractivity contribution in [2.45, 2.75) is 13.3 Å². The third kappa shape index (κ3) is 4.56. The third-order valence-corrected chi connectivity index (χ3v) is 3.26. The van der Waals surface area contributed by atoms with Crippen LogP contribution in [0.15, 0.2) is 12.1 Å². The zero-order valence-corrected chi connectivity index (χ0v) is 11.1. The molecule has 0 spiro atoms. The van der Waals surface area contributed by atoms with Crippen molar-refractivity contribution in [3.05, 3.63) is 34.9 Å². The first kappa shape index (κ1) is 15.5. The lowest BCUT2D eigenvalue weighted by molar-refractivity contribution is 0.0945. The van der Waals surface area contributed by atoms with Crippen molar-refractivity contribution >= 4 is 15.9 Å². The van der Waals surface area contributed by atoms with Crippen LogP contribution in [-0.4, -0.2) is 26.6 Å². The molecule has 0 aliphatic heterocycles. The first-order valence-corrected chi connectivity index (χ1v) is 7.17. The van der Waals surface area contributed by atoms with E-state index in [1.54, 1.807) is 0 Å². The fraction of sp³-hybridized carbons (Fsp3) is 0.364. The van der Waals surface area contributed by atoms with Crippen LogP contribution in [0.4, 0.5) is 8.78 Å². The van der Waals surface area contributed by atoms with Gasteiger partial charge in [0, 0.05) is 6.54 Å². The molecule has 0 atom stereocenters. The van der Waals surface area contributed by atoms with Gasteiger partial charge in [-0.1, -0.05) is 6.07 Å². The number of amides is 1. The fourth-order valence-corrected chi connectivity index (χ4v) is 1.98. The number of hydrogen-bond donors (Lipinski definition) is 2. The lowest BCUT2D eigenvalue weighted by Crippen LogP contribution is -2.29. The first-order valence-electron chi connectivity index (χ1n) is 5.45. The molecule has 0 saturated carbocycles. The Morgan fingerprint density at radius 1 is 1.37 bits per heavy atom. The number of nitrogens with two attached hydrogens (primary N) is 1. The zero-order valence-electron chi connectivity index (χ0n) is 10.2. The van der Waals surface area contributed by atoms with Gasteiger partial charge in [-0.15, -0.1) is 0 Å². The number of rotatable bonds is 5. The molecule has 0 saturated heterocycles. The molecule has 0 aliphatic rings. The van der Waals surface area contributed by atoms with Crippen molar-refractivity contribution < 1.29 is 22.0 Å². The molecule has 0 aromatic heterocycles. The van der Waals surface area contributed by atoms with E-state index in [2.05, 4.69) is 5.32 Å². The van der Waals surface area contributed by atoms with E-state index in [4.69, 9.17) is 5.14 Å². The van der Waals surface area contributed by atoms with Gasteiger partial charge in [0.15, 0.2) is 0 Å². The second kappa shape index (κ2) is 6.07. The first-order chi connectivity index (χ1) is 8.72. The molecule has 1 amide bonds. The lowest BCUT2D eigenvalue weighted by atomic mass is 10.1. The van der Waals surface area contributed by atoms with Gasteiger partial charge in [-0.2, -0.15) is 0 Å². The maximum absolute atomic E-state index is 13.6. The summed E-state index contributed by atoms with van der Waals surface area (Å²) in [5, 5.41) is 7.01. The molecule has 8 heteroatoms. The second-order valence-electron chi connectivity index (χ2n) is 4.03. The zero-order chi connectivity index (χ0) is 14.6. The van der Waals surface area contributed by atoms with Gasteiger partial charge in [0.05, 0.1) is 5.75 Å². The minimum atomic E-state index is -3.61. The van der Waals surface area contributed by atoms with Gasteiger partial charge in [-0.05, 0) is 25.0 Å². The van der Waals surface area contributed by atoms with E-state index in [1.165, 1.54) is 13.0 Å². The van der Waals surface area contributed by atoms with Gasteiger partial charge in [0.25, 0.3) is 5.91 Å². The van der Waals surface area contributed by atoms with Crippen LogP contribution in [0.1, 0.15) is 22.3 Å². The molecule has 0 fully saturated rings. The minimum absolute atomic E-state index is 0.0396. The van der Waals surface area contributed by atoms with Gasteiger partial charge >= 0.3 is 0 Å². The maximum atomic E-state index is 13.6. The van der Waals surface area contributed by atoms with E-state index >= 15 is 0 Å². The molecule has 0 aliphatic carbocycles. The summed E-state index contributed by atoms with van der Waals surface area (Å²) in [4.78, 5) is 11.6. The van der Waals surface area contributed by atoms with Crippen molar-refractivity contribution in [3.8, 4) is 0 Å². The topological polar surface area (TPSA) is 89.3 Å². The van der Waals surface area contributed by atoms with Crippen LogP contribution in [0.3, 0.4) is 0 Å². The Morgan fingerprint density at radius 3 is 2.58 bits per heavy atom. The molecule has 106 valence electrons. The summed E-state index contributed by atoms with van der Waals surface area (Å²) >= 11 is 0. The smallest absolute Gasteiger partial charge is 0.257 e. The van der Waals surface area contributed by atoms with Gasteiger partial charge in [0.2, 0.25) is 10.0 Å². The molecular weight excluding hydrogens is 278 g/mol. The summed E-state index contributed by atoms with van der Waals surface area (Å²) in [6.07, 6.45) is 0.0691. The van der Waals surface area contributed by atoms with E-state index in [0.717, 1.165) is 6.07 Å². The Bertz CT molecular complexity index is 588. The highest BCUT2D eigenvalue weighted by atomic mass is 32.2. The number of halogens is 2. The van der Waals surface area contributed by atoms with Crippen molar-refractivity contribution in [2.75, 3.05) is 12.3 Å². The van der Waals surface area contributed by atoms with E-state index < -0.39 is 33.1 Å². The number of carbonyl (C=O) groups excluding carboxylic acids is 1. The standard InChI is InChI=1S/C11H14F2N2O3S/c1-7-3-4-8(12)9(10(7)13)11(16)15-5-2-6-19(14,17)18/h3-4H,2,5-6H2,1H3,(H,15,16)(H2,14,17,18). The highest BCUT2D eigenvalue weighted by Crippen LogP contribution is 2.15. The number of hydrogen-bond acceptors (Lipinski definition) is 3. The molecular formula is C11H14F2N2O3S. The number of nitrogens with one attached hydrogen (secondary N) is 1. The summed E-state index contributed by atoms with van der Waals surface area (Å²) in [6.45, 7) is 1.37. The summed E-state index contributed by atoms with van der Waals surface area (Å²) in [5.41, 5.74) is -0.522. The predicted molar refractivity (Wildman–Crippen MR) is 66.0 cm³/mol. The average molecular weight is 292 g/mol. The number of benzene rings is 1. The number of primary sulfonamides is 1. The largest absolute Gasteiger partial charge is 0.352 e. The molecule has 0 radical (unpaired) electrons. The molecule has 0 heterocycles. The minimum Gasteiger partial charge on any atom is -0.352 e. The van der Waals surface area contributed by atoms with Crippen LogP contribution >= 0.6 is 0 Å². The molecule has 19 heavy (non-hydrogen) atoms. The van der Waals surface area contributed by atoms with Gasteiger partial charge in [-0.3, -0.25) is 4.79 Å². The van der Waals surface area contributed by atoms with Crippen LogP contribution in [0.2, 0.25) is 0 Å². The molecule has 3 N–H and O–H groups in total. The quantitative estimate of drug-likeness (QED) is 0.782. The molecule has 1 aromatic carbocycles. The van der Waals surface area contributed by atoms with Crippen LogP contribution in [0, 0.1) is 18.6 Å². The van der Waals surface area contributed by atoms with Crippen LogP contribution in [0.25, 0.3) is 0 Å². The Labute approximate surface area is 109 Å². The normalized spacial score (nSPS) is 11.4. The van der Waals surface area contributed by atoms with E-state index in [-0.39, 0.29) is 24.3 Å². The van der Waals surface area contributed by atoms with Crippen molar-refractivity contribution in [3.63, 3.8) is 0 Å². The average Bonchev–Trinajstić information content (AvgIpc) is 2.29. The molecule has 0 unspecified atom stereocenters. The van der Waals surface area contributed by atoms with Crippen LogP contribution in [-0.2, 0) is 10.0 Å². The Balaban J connectivity index is 2.67. The Kier molecular flexibility index (Phi) is 4.96. The lowest BCUT2D eigenvalue weighted by Gasteiger charge is -2.08. The number of aryl methyl sites for hydroxylation is 1. The van der Waals surface area contributed by atoms with Crippen molar-refractivity contribution in [2.24, 2.45) is 5.14 Å². The van der Waals surface area contributed by atoms with Gasteiger partial charge in [0.1, 0.15) is 17.2 Å². The van der Waals surface area contributed by atoms with Crippen molar-refractivity contribution in [1.82, 2.24) is 5.32 Å². The molecule has 1 rings (SSSR count). The van der Waals surface area contributed by atoms with E-state index in [1.807, 2.05) is 0 Å². The van der Waals surface area contributed by atoms with E-state index in [9.17, 15) is 22.0 Å². The summed E-state index contributed by atoms with van der Waals surface area (Å²) in [5.74, 6) is -3.13. The van der Waals surface area contributed by atoms with Crippen LogP contribution < -0.4 is 10.5 Å². The fourth-order valence-electron chi connectivity index (χ4n) is 1.43. The molecule has 0 bridgehead atoms. The number of sulfonamides is 1. The van der Waals surface area contributed by atoms with Crippen LogP contribution in [0.5, 0.6) is 0 Å². The second-order valence-corrected chi connectivity index (χ2v) is 5.76. The van der Waals surface area contributed by atoms with Crippen molar-refractivity contribution in [1.29, 1.82) is 0 Å². The maximum Gasteiger partial charge on any atom is 0.257 e. The summed E-state index contributed by atoms with van der Waals surface area (Å²) < 4.78 is 48.2. The Hall–Kier alpha value is -1.54. The third-order valence-electron chi connectivity index (χ3n) is 2.40. The number of carbonyl (C=O) groups is 1. The van der Waals surface area contributed by atoms with E-state index in [0.29, 0.717) is 0 Å². The molecule has 5 nitrogen and oxygen atoms in total. The predicted octanol–water partition coefficient (Wildman–Crippen LogP) is 0.682. The monoisotopic (exact) mass is 292 g/mol. The summed E-state index contributed by atoms with van der Waals surface area (Å²) in [7, 11) is -3.61. The highest BCUT2D eigenvalue weighted by Gasteiger charge is 2.18. The summed E-state index contributed by atoms with van der Waals surface area (Å²) in [6, 6.07) is 2.22.